The number of hydrogen-bond acceptors (Lipinski definition) is 3. The summed E-state index contributed by atoms with van der Waals surface area (Å²) in [6.45, 7) is 6.62. The molecule has 1 N–H and O–H groups in total. The molecule has 0 spiro atoms. The SMILES string of the molecule is CNCc1c(N2CC(C)CCC2C)nc2ccccn12. The summed E-state index contributed by atoms with van der Waals surface area (Å²) in [5.74, 6) is 1.91. The van der Waals surface area contributed by atoms with Gasteiger partial charge in [0.1, 0.15) is 5.65 Å². The molecule has 4 nitrogen and oxygen atoms in total. The number of rotatable bonds is 3. The van der Waals surface area contributed by atoms with E-state index in [1.54, 1.807) is 0 Å². The lowest BCUT2D eigenvalue weighted by Crippen LogP contribution is -2.42. The average Bonchev–Trinajstić information content (AvgIpc) is 2.81. The van der Waals surface area contributed by atoms with Crippen LogP contribution in [0.25, 0.3) is 5.65 Å². The standard InChI is InChI=1S/C16H24N4/c1-12-7-8-13(2)20(11-12)16-14(10-17-3)19-9-5-4-6-15(19)18-16/h4-6,9,12-13,17H,7-8,10-11H2,1-3H3. The fourth-order valence-electron chi connectivity index (χ4n) is 3.18. The van der Waals surface area contributed by atoms with Crippen LogP contribution in [0.5, 0.6) is 0 Å². The average molecular weight is 272 g/mol. The lowest BCUT2D eigenvalue weighted by Gasteiger charge is -2.37. The smallest absolute Gasteiger partial charge is 0.152 e. The second kappa shape index (κ2) is 5.44. The number of nitrogens with zero attached hydrogens (tertiary/aromatic N) is 3. The molecular formula is C16H24N4. The van der Waals surface area contributed by atoms with E-state index in [1.165, 1.54) is 18.5 Å². The van der Waals surface area contributed by atoms with Crippen LogP contribution in [0.3, 0.4) is 0 Å². The van der Waals surface area contributed by atoms with Crippen molar-refractivity contribution >= 4 is 11.5 Å². The predicted octanol–water partition coefficient (Wildman–Crippen LogP) is 2.68. The Bertz CT molecular complexity index is 589. The number of anilines is 1. The Balaban J connectivity index is 2.07. The van der Waals surface area contributed by atoms with Crippen LogP contribution in [-0.4, -0.2) is 29.0 Å². The van der Waals surface area contributed by atoms with Gasteiger partial charge in [-0.3, -0.25) is 0 Å². The molecule has 0 amide bonds. The van der Waals surface area contributed by atoms with Crippen LogP contribution in [0.4, 0.5) is 5.82 Å². The van der Waals surface area contributed by atoms with Gasteiger partial charge in [-0.25, -0.2) is 4.98 Å². The normalized spacial score (nSPS) is 23.4. The van der Waals surface area contributed by atoms with Crippen LogP contribution < -0.4 is 10.2 Å². The van der Waals surface area contributed by atoms with Gasteiger partial charge in [0.25, 0.3) is 0 Å². The fourth-order valence-corrected chi connectivity index (χ4v) is 3.18. The lowest BCUT2D eigenvalue weighted by molar-refractivity contribution is 0.387. The summed E-state index contributed by atoms with van der Waals surface area (Å²) in [7, 11) is 1.99. The summed E-state index contributed by atoms with van der Waals surface area (Å²) < 4.78 is 2.21. The second-order valence-corrected chi connectivity index (χ2v) is 6.03. The number of imidazole rings is 1. The minimum absolute atomic E-state index is 0.576. The molecule has 0 saturated carbocycles. The van der Waals surface area contributed by atoms with E-state index in [4.69, 9.17) is 4.98 Å². The highest BCUT2D eigenvalue weighted by atomic mass is 15.3. The van der Waals surface area contributed by atoms with Crippen molar-refractivity contribution in [3.8, 4) is 0 Å². The maximum absolute atomic E-state index is 4.89. The van der Waals surface area contributed by atoms with E-state index in [2.05, 4.69) is 52.9 Å². The molecule has 3 heterocycles. The zero-order valence-electron chi connectivity index (χ0n) is 12.6. The van der Waals surface area contributed by atoms with Gasteiger partial charge in [0.2, 0.25) is 0 Å². The third kappa shape index (κ3) is 2.29. The molecule has 1 fully saturated rings. The highest BCUT2D eigenvalue weighted by molar-refractivity contribution is 5.56. The second-order valence-electron chi connectivity index (χ2n) is 6.03. The zero-order valence-corrected chi connectivity index (χ0v) is 12.6. The fraction of sp³-hybridized carbons (Fsp3) is 0.562. The molecule has 0 radical (unpaired) electrons. The van der Waals surface area contributed by atoms with Crippen LogP contribution in [0.1, 0.15) is 32.4 Å². The van der Waals surface area contributed by atoms with Crippen LogP contribution >= 0.6 is 0 Å². The van der Waals surface area contributed by atoms with Crippen molar-refractivity contribution < 1.29 is 0 Å². The highest BCUT2D eigenvalue weighted by Crippen LogP contribution is 2.30. The van der Waals surface area contributed by atoms with Crippen molar-refractivity contribution in [3.05, 3.63) is 30.1 Å². The number of nitrogens with one attached hydrogen (secondary N) is 1. The molecule has 2 atom stereocenters. The predicted molar refractivity (Wildman–Crippen MR) is 83.2 cm³/mol. The molecule has 2 aromatic rings. The summed E-state index contributed by atoms with van der Waals surface area (Å²) in [5, 5.41) is 3.28. The molecule has 20 heavy (non-hydrogen) atoms. The van der Waals surface area contributed by atoms with Gasteiger partial charge in [0.15, 0.2) is 5.82 Å². The molecule has 2 unspecified atom stereocenters. The Morgan fingerprint density at radius 2 is 2.15 bits per heavy atom. The van der Waals surface area contributed by atoms with Gasteiger partial charge in [-0.15, -0.1) is 0 Å². The quantitative estimate of drug-likeness (QED) is 0.932. The van der Waals surface area contributed by atoms with Crippen LogP contribution in [0.15, 0.2) is 24.4 Å². The molecule has 1 aliphatic rings. The van der Waals surface area contributed by atoms with E-state index in [0.717, 1.165) is 30.5 Å². The number of piperidine rings is 1. The number of pyridine rings is 1. The van der Waals surface area contributed by atoms with Crippen molar-refractivity contribution in [1.29, 1.82) is 0 Å². The number of aromatic nitrogens is 2. The third-order valence-corrected chi connectivity index (χ3v) is 4.34. The molecule has 2 aromatic heterocycles. The summed E-state index contributed by atoms with van der Waals surface area (Å²) in [5.41, 5.74) is 2.31. The third-order valence-electron chi connectivity index (χ3n) is 4.34. The summed E-state index contributed by atoms with van der Waals surface area (Å²) in [4.78, 5) is 7.38. The maximum Gasteiger partial charge on any atom is 0.152 e. The van der Waals surface area contributed by atoms with E-state index in [9.17, 15) is 0 Å². The molecular weight excluding hydrogens is 248 g/mol. The van der Waals surface area contributed by atoms with Crippen LogP contribution in [0.2, 0.25) is 0 Å². The summed E-state index contributed by atoms with van der Waals surface area (Å²) >= 11 is 0. The van der Waals surface area contributed by atoms with Crippen molar-refractivity contribution in [2.75, 3.05) is 18.5 Å². The van der Waals surface area contributed by atoms with Crippen LogP contribution in [-0.2, 0) is 6.54 Å². The Morgan fingerprint density at radius 3 is 2.95 bits per heavy atom. The van der Waals surface area contributed by atoms with E-state index >= 15 is 0 Å². The highest BCUT2D eigenvalue weighted by Gasteiger charge is 2.27. The van der Waals surface area contributed by atoms with E-state index in [-0.39, 0.29) is 0 Å². The molecule has 4 heteroatoms. The topological polar surface area (TPSA) is 32.6 Å². The van der Waals surface area contributed by atoms with Crippen molar-refractivity contribution in [3.63, 3.8) is 0 Å². The van der Waals surface area contributed by atoms with E-state index < -0.39 is 0 Å². The molecule has 1 aliphatic heterocycles. The van der Waals surface area contributed by atoms with E-state index in [1.807, 2.05) is 7.05 Å². The molecule has 108 valence electrons. The first-order chi connectivity index (χ1) is 9.70. The number of hydrogen-bond donors (Lipinski definition) is 1. The Labute approximate surface area is 120 Å². The molecule has 0 bridgehead atoms. The molecule has 3 rings (SSSR count). The van der Waals surface area contributed by atoms with Gasteiger partial charge in [0, 0.05) is 25.3 Å². The minimum Gasteiger partial charge on any atom is -0.352 e. The molecule has 0 aliphatic carbocycles. The van der Waals surface area contributed by atoms with Crippen molar-refractivity contribution in [1.82, 2.24) is 14.7 Å². The van der Waals surface area contributed by atoms with E-state index in [0.29, 0.717) is 6.04 Å². The van der Waals surface area contributed by atoms with Crippen molar-refractivity contribution in [2.24, 2.45) is 5.92 Å². The van der Waals surface area contributed by atoms with Gasteiger partial charge in [0.05, 0.1) is 5.69 Å². The lowest BCUT2D eigenvalue weighted by atomic mass is 9.95. The summed E-state index contributed by atoms with van der Waals surface area (Å²) in [6, 6.07) is 6.78. The van der Waals surface area contributed by atoms with Crippen LogP contribution in [0, 0.1) is 5.92 Å². The minimum atomic E-state index is 0.576. The van der Waals surface area contributed by atoms with Gasteiger partial charge in [-0.05, 0) is 44.9 Å². The molecule has 0 aromatic carbocycles. The Morgan fingerprint density at radius 1 is 1.30 bits per heavy atom. The van der Waals surface area contributed by atoms with Gasteiger partial charge in [-0.1, -0.05) is 13.0 Å². The Hall–Kier alpha value is -1.55. The maximum atomic E-state index is 4.89. The first-order valence-electron chi connectivity index (χ1n) is 7.58. The molecule has 1 saturated heterocycles. The first-order valence-corrected chi connectivity index (χ1v) is 7.58. The van der Waals surface area contributed by atoms with Gasteiger partial charge in [-0.2, -0.15) is 0 Å². The monoisotopic (exact) mass is 272 g/mol. The Kier molecular flexibility index (Phi) is 3.66. The summed E-state index contributed by atoms with van der Waals surface area (Å²) in [6.07, 6.45) is 4.69. The van der Waals surface area contributed by atoms with Gasteiger partial charge < -0.3 is 14.6 Å². The largest absolute Gasteiger partial charge is 0.352 e. The van der Waals surface area contributed by atoms with Gasteiger partial charge >= 0.3 is 0 Å². The zero-order chi connectivity index (χ0) is 14.1. The number of fused-ring (bicyclic) bond motifs is 1. The first kappa shape index (κ1) is 13.4. The van der Waals surface area contributed by atoms with Crippen molar-refractivity contribution in [2.45, 2.75) is 39.3 Å².